The molecule has 0 unspecified atom stereocenters. The van der Waals surface area contributed by atoms with Gasteiger partial charge in [-0.2, -0.15) is 0 Å². The molecule has 0 bridgehead atoms. The lowest BCUT2D eigenvalue weighted by molar-refractivity contribution is -0.114. The number of hydrogen-bond acceptors (Lipinski definition) is 4. The van der Waals surface area contributed by atoms with Crippen molar-refractivity contribution < 1.29 is 13.9 Å². The van der Waals surface area contributed by atoms with Crippen LogP contribution in [0.5, 0.6) is 5.75 Å². The lowest BCUT2D eigenvalue weighted by atomic mass is 10.1. The first kappa shape index (κ1) is 15.0. The van der Waals surface area contributed by atoms with Gasteiger partial charge in [0.05, 0.1) is 6.54 Å². The number of hydrogen-bond donors (Lipinski definition) is 2. The van der Waals surface area contributed by atoms with Crippen molar-refractivity contribution in [2.75, 3.05) is 18.8 Å². The van der Waals surface area contributed by atoms with Crippen LogP contribution in [-0.4, -0.2) is 24.7 Å². The molecule has 118 valence electrons. The smallest absolute Gasteiger partial charge is 0.270 e. The molecule has 1 aliphatic heterocycles. The molecule has 1 aliphatic rings. The fourth-order valence-corrected chi connectivity index (χ4v) is 2.31. The van der Waals surface area contributed by atoms with Crippen molar-refractivity contribution in [1.82, 2.24) is 5.32 Å². The summed E-state index contributed by atoms with van der Waals surface area (Å²) in [6.07, 6.45) is 0. The van der Waals surface area contributed by atoms with Crippen molar-refractivity contribution in [3.63, 3.8) is 0 Å². The van der Waals surface area contributed by atoms with Crippen LogP contribution in [0.25, 0.3) is 0 Å². The van der Waals surface area contributed by atoms with Crippen LogP contribution in [0, 0.1) is 5.82 Å². The van der Waals surface area contributed by atoms with Crippen molar-refractivity contribution in [1.29, 1.82) is 0 Å². The number of carbonyl (C=O) groups is 1. The van der Waals surface area contributed by atoms with E-state index in [0.717, 1.165) is 0 Å². The van der Waals surface area contributed by atoms with Gasteiger partial charge in [-0.25, -0.2) is 4.39 Å². The number of ether oxygens (including phenoxy) is 1. The zero-order valence-electron chi connectivity index (χ0n) is 12.4. The second-order valence-corrected chi connectivity index (χ2v) is 5.12. The van der Waals surface area contributed by atoms with Crippen LogP contribution in [0.2, 0.25) is 0 Å². The lowest BCUT2D eigenvalue weighted by Gasteiger charge is -2.15. The van der Waals surface area contributed by atoms with Crippen LogP contribution in [-0.2, 0) is 11.4 Å². The number of nitrogens with one attached hydrogen (secondary N) is 1. The van der Waals surface area contributed by atoms with Gasteiger partial charge in [0, 0.05) is 23.4 Å². The molecule has 0 fully saturated rings. The third-order valence-electron chi connectivity index (χ3n) is 3.51. The van der Waals surface area contributed by atoms with Gasteiger partial charge in [0.2, 0.25) is 0 Å². The van der Waals surface area contributed by atoms with E-state index in [1.54, 1.807) is 36.4 Å². The number of nitrogens with two attached hydrogens (primary N) is 1. The first-order chi connectivity index (χ1) is 11.1. The first-order valence-corrected chi connectivity index (χ1v) is 7.24. The number of rotatable bonds is 4. The van der Waals surface area contributed by atoms with Crippen LogP contribution >= 0.6 is 0 Å². The average Bonchev–Trinajstić information content (AvgIpc) is 2.56. The third kappa shape index (κ3) is 3.31. The molecule has 1 heterocycles. The summed E-state index contributed by atoms with van der Waals surface area (Å²) in [4.78, 5) is 16.1. The van der Waals surface area contributed by atoms with Gasteiger partial charge >= 0.3 is 0 Å². The summed E-state index contributed by atoms with van der Waals surface area (Å²) < 4.78 is 19.2. The topological polar surface area (TPSA) is 76.7 Å². The monoisotopic (exact) mass is 313 g/mol. The van der Waals surface area contributed by atoms with Gasteiger partial charge < -0.3 is 15.8 Å². The van der Waals surface area contributed by atoms with E-state index in [4.69, 9.17) is 10.5 Å². The highest BCUT2D eigenvalue weighted by Gasteiger charge is 2.19. The second-order valence-electron chi connectivity index (χ2n) is 5.12. The molecule has 2 aromatic carbocycles. The van der Waals surface area contributed by atoms with Gasteiger partial charge in [-0.3, -0.25) is 9.79 Å². The minimum Gasteiger partial charge on any atom is -0.489 e. The van der Waals surface area contributed by atoms with Gasteiger partial charge in [-0.15, -0.1) is 0 Å². The van der Waals surface area contributed by atoms with E-state index >= 15 is 0 Å². The Morgan fingerprint density at radius 2 is 2.09 bits per heavy atom. The molecule has 0 radical (unpaired) electrons. The predicted molar refractivity (Wildman–Crippen MR) is 86.0 cm³/mol. The zero-order chi connectivity index (χ0) is 16.2. The molecular weight excluding hydrogens is 297 g/mol. The molecule has 0 spiro atoms. The second kappa shape index (κ2) is 6.48. The minimum atomic E-state index is -0.320. The summed E-state index contributed by atoms with van der Waals surface area (Å²) in [6, 6.07) is 11.4. The maximum Gasteiger partial charge on any atom is 0.270 e. The van der Waals surface area contributed by atoms with Crippen molar-refractivity contribution in [2.24, 2.45) is 4.99 Å². The Morgan fingerprint density at radius 1 is 1.26 bits per heavy atom. The first-order valence-electron chi connectivity index (χ1n) is 7.24. The number of carbonyl (C=O) groups excluding carboxylic acids is 1. The molecule has 2 aromatic rings. The summed E-state index contributed by atoms with van der Waals surface area (Å²) in [5, 5.41) is 2.73. The van der Waals surface area contributed by atoms with Crippen LogP contribution in [0.3, 0.4) is 0 Å². The zero-order valence-corrected chi connectivity index (χ0v) is 12.4. The number of amides is 1. The molecule has 0 aromatic heterocycles. The molecule has 5 nitrogen and oxygen atoms in total. The van der Waals surface area contributed by atoms with Gasteiger partial charge in [-0.05, 0) is 24.3 Å². The molecule has 0 atom stereocenters. The highest BCUT2D eigenvalue weighted by Crippen LogP contribution is 2.22. The molecule has 3 N–H and O–H groups in total. The SMILES string of the molecule is Nc1ccc(OCc2ccccc2F)cc1C1=NCCNC1=O. The van der Waals surface area contributed by atoms with Crippen molar-refractivity contribution in [3.05, 3.63) is 59.4 Å². The fourth-order valence-electron chi connectivity index (χ4n) is 2.31. The highest BCUT2D eigenvalue weighted by atomic mass is 19.1. The minimum absolute atomic E-state index is 0.0920. The molecule has 0 saturated carbocycles. The molecular formula is C17H16FN3O2. The maximum atomic E-state index is 13.6. The van der Waals surface area contributed by atoms with Crippen LogP contribution < -0.4 is 15.8 Å². The largest absolute Gasteiger partial charge is 0.489 e. The Labute approximate surface area is 133 Å². The predicted octanol–water partition coefficient (Wildman–Crippen LogP) is 1.91. The number of anilines is 1. The quantitative estimate of drug-likeness (QED) is 0.847. The normalized spacial score (nSPS) is 14.1. The Kier molecular flexibility index (Phi) is 4.23. The number of aliphatic imine (C=N–C) groups is 1. The van der Waals surface area contributed by atoms with Gasteiger partial charge in [0.25, 0.3) is 5.91 Å². The number of benzene rings is 2. The van der Waals surface area contributed by atoms with E-state index in [1.807, 2.05) is 0 Å². The van der Waals surface area contributed by atoms with E-state index in [2.05, 4.69) is 10.3 Å². The molecule has 23 heavy (non-hydrogen) atoms. The third-order valence-corrected chi connectivity index (χ3v) is 3.51. The Hall–Kier alpha value is -2.89. The number of nitrogens with zero attached hydrogens (tertiary/aromatic N) is 1. The van der Waals surface area contributed by atoms with Gasteiger partial charge in [-0.1, -0.05) is 18.2 Å². The van der Waals surface area contributed by atoms with Crippen molar-refractivity contribution in [2.45, 2.75) is 6.61 Å². The van der Waals surface area contributed by atoms with Crippen LogP contribution in [0.4, 0.5) is 10.1 Å². The molecule has 0 aliphatic carbocycles. The average molecular weight is 313 g/mol. The van der Waals surface area contributed by atoms with E-state index in [0.29, 0.717) is 41.4 Å². The van der Waals surface area contributed by atoms with E-state index < -0.39 is 0 Å². The number of nitrogen functional groups attached to an aromatic ring is 1. The Bertz CT molecular complexity index is 774. The van der Waals surface area contributed by atoms with Crippen molar-refractivity contribution in [3.8, 4) is 5.75 Å². The summed E-state index contributed by atoms with van der Waals surface area (Å²) in [7, 11) is 0. The maximum absolute atomic E-state index is 13.6. The standard InChI is InChI=1S/C17H16FN3O2/c18-14-4-2-1-3-11(14)10-23-12-5-6-15(19)13(9-12)16-17(22)21-8-7-20-16/h1-6,9H,7-8,10,19H2,(H,21,22). The molecule has 3 rings (SSSR count). The summed E-state index contributed by atoms with van der Waals surface area (Å²) >= 11 is 0. The van der Waals surface area contributed by atoms with Gasteiger partial charge in [0.15, 0.2) is 0 Å². The summed E-state index contributed by atoms with van der Waals surface area (Å²) in [5.74, 6) is -0.0769. The molecule has 1 amide bonds. The summed E-state index contributed by atoms with van der Waals surface area (Å²) in [5.41, 5.74) is 7.66. The lowest BCUT2D eigenvalue weighted by Crippen LogP contribution is -2.38. The van der Waals surface area contributed by atoms with E-state index in [-0.39, 0.29) is 18.3 Å². The fraction of sp³-hybridized carbons (Fsp3) is 0.176. The van der Waals surface area contributed by atoms with Gasteiger partial charge in [0.1, 0.15) is 23.9 Å². The summed E-state index contributed by atoms with van der Waals surface area (Å²) in [6.45, 7) is 1.13. The Balaban J connectivity index is 1.82. The molecule has 6 heteroatoms. The van der Waals surface area contributed by atoms with E-state index in [1.165, 1.54) is 6.07 Å². The van der Waals surface area contributed by atoms with Crippen LogP contribution in [0.1, 0.15) is 11.1 Å². The number of halogens is 1. The molecule has 0 saturated heterocycles. The highest BCUT2D eigenvalue weighted by molar-refractivity contribution is 6.46. The Morgan fingerprint density at radius 3 is 2.87 bits per heavy atom. The van der Waals surface area contributed by atoms with Crippen molar-refractivity contribution >= 4 is 17.3 Å². The van der Waals surface area contributed by atoms with E-state index in [9.17, 15) is 9.18 Å². The van der Waals surface area contributed by atoms with Crippen LogP contribution in [0.15, 0.2) is 47.5 Å².